The summed E-state index contributed by atoms with van der Waals surface area (Å²) in [5.74, 6) is -0.344. The summed E-state index contributed by atoms with van der Waals surface area (Å²) in [5, 5.41) is 26.5. The van der Waals surface area contributed by atoms with Gasteiger partial charge in [0.05, 0.1) is 12.5 Å². The highest BCUT2D eigenvalue weighted by atomic mass is 16.5. The molecule has 0 aliphatic heterocycles. The molecule has 0 saturated heterocycles. The number of hydrogen-bond donors (Lipinski definition) is 3. The largest absolute Gasteiger partial charge is 0.494 e. The van der Waals surface area contributed by atoms with Crippen molar-refractivity contribution in [3.63, 3.8) is 0 Å². The zero-order chi connectivity index (χ0) is 38.8. The van der Waals surface area contributed by atoms with Gasteiger partial charge in [-0.15, -0.1) is 10.2 Å². The summed E-state index contributed by atoms with van der Waals surface area (Å²) < 4.78 is 5.96. The van der Waals surface area contributed by atoms with Crippen LogP contribution < -0.4 is 10.1 Å². The van der Waals surface area contributed by atoms with E-state index in [9.17, 15) is 24.3 Å². The normalized spacial score (nSPS) is 12.3. The number of rotatable bonds is 31. The molecular formula is C43H63N5O6. The molecule has 3 rings (SSSR count). The maximum atomic E-state index is 12.4. The number of ether oxygens (including phenoxy) is 1. The summed E-state index contributed by atoms with van der Waals surface area (Å²) in [4.78, 5) is 47.5. The van der Waals surface area contributed by atoms with Gasteiger partial charge < -0.3 is 15.2 Å². The summed E-state index contributed by atoms with van der Waals surface area (Å²) in [7, 11) is 0. The maximum Gasteiger partial charge on any atom is 0.306 e. The second-order valence-electron chi connectivity index (χ2n) is 14.7. The number of aromatic nitrogens is 4. The van der Waals surface area contributed by atoms with Crippen LogP contribution in [0.2, 0.25) is 0 Å². The molecule has 1 amide bonds. The summed E-state index contributed by atoms with van der Waals surface area (Å²) in [6.45, 7) is 4.75. The molecule has 2 aromatic carbocycles. The molecule has 54 heavy (non-hydrogen) atoms. The van der Waals surface area contributed by atoms with Crippen LogP contribution in [0.15, 0.2) is 48.5 Å². The Kier molecular flexibility index (Phi) is 21.5. The lowest BCUT2D eigenvalue weighted by atomic mass is 9.94. The molecule has 0 fully saturated rings. The molecule has 296 valence electrons. The maximum absolute atomic E-state index is 12.4. The van der Waals surface area contributed by atoms with E-state index in [0.29, 0.717) is 18.8 Å². The minimum Gasteiger partial charge on any atom is -0.494 e. The second-order valence-corrected chi connectivity index (χ2v) is 14.7. The smallest absolute Gasteiger partial charge is 0.306 e. The third kappa shape index (κ3) is 18.6. The molecule has 0 radical (unpaired) electrons. The van der Waals surface area contributed by atoms with Crippen molar-refractivity contribution in [1.82, 2.24) is 25.9 Å². The summed E-state index contributed by atoms with van der Waals surface area (Å²) in [6, 6.07) is 16.3. The number of Topliss-reactive ketones (excluding diaryl/α,β-unsaturated/α-hetero) is 2. The van der Waals surface area contributed by atoms with Crippen LogP contribution >= 0.6 is 0 Å². The highest BCUT2D eigenvalue weighted by molar-refractivity contribution is 5.84. The molecule has 1 aromatic heterocycles. The average molecular weight is 746 g/mol. The topological polar surface area (TPSA) is 164 Å². The van der Waals surface area contributed by atoms with E-state index < -0.39 is 11.9 Å². The molecule has 11 heteroatoms. The number of carbonyl (C=O) groups is 4. The molecule has 0 spiro atoms. The van der Waals surface area contributed by atoms with E-state index in [-0.39, 0.29) is 42.7 Å². The number of H-pyrrole nitrogens is 1. The van der Waals surface area contributed by atoms with Gasteiger partial charge in [-0.1, -0.05) is 120 Å². The minimum absolute atomic E-state index is 0.00328. The Morgan fingerprint density at radius 2 is 1.26 bits per heavy atom. The number of aromatic amines is 1. The third-order valence-electron chi connectivity index (χ3n) is 10.2. The molecule has 11 nitrogen and oxygen atoms in total. The van der Waals surface area contributed by atoms with E-state index in [0.717, 1.165) is 74.0 Å². The monoisotopic (exact) mass is 745 g/mol. The van der Waals surface area contributed by atoms with Crippen molar-refractivity contribution in [2.24, 2.45) is 11.8 Å². The van der Waals surface area contributed by atoms with Gasteiger partial charge in [0.1, 0.15) is 17.3 Å². The number of unbranched alkanes of at least 4 members (excludes halogenated alkanes) is 13. The Hall–Kier alpha value is -4.41. The van der Waals surface area contributed by atoms with Crippen molar-refractivity contribution in [3.05, 3.63) is 48.5 Å². The van der Waals surface area contributed by atoms with Crippen LogP contribution in [0.3, 0.4) is 0 Å². The zero-order valence-corrected chi connectivity index (χ0v) is 32.7. The Morgan fingerprint density at radius 1 is 0.704 bits per heavy atom. The first-order valence-corrected chi connectivity index (χ1v) is 20.3. The molecule has 3 aromatic rings. The predicted molar refractivity (Wildman–Crippen MR) is 212 cm³/mol. The lowest BCUT2D eigenvalue weighted by Crippen LogP contribution is -2.26. The lowest BCUT2D eigenvalue weighted by molar-refractivity contribution is -0.144. The molecule has 3 N–H and O–H groups in total. The fraction of sp³-hybridized carbons (Fsp3) is 0.605. The molecule has 1 unspecified atom stereocenters. The molecule has 0 bridgehead atoms. The lowest BCUT2D eigenvalue weighted by Gasteiger charge is -2.12. The van der Waals surface area contributed by atoms with Crippen LogP contribution in [-0.4, -0.2) is 62.3 Å². The minimum atomic E-state index is -1.01. The van der Waals surface area contributed by atoms with E-state index in [1.807, 2.05) is 31.2 Å². The van der Waals surface area contributed by atoms with Gasteiger partial charge in [0, 0.05) is 37.3 Å². The number of tetrazole rings is 1. The number of ketones is 2. The number of nitrogens with one attached hydrogen (secondary N) is 2. The summed E-state index contributed by atoms with van der Waals surface area (Å²) >= 11 is 0. The molecule has 0 saturated carbocycles. The Balaban J connectivity index is 1.08. The molecule has 0 aliphatic rings. The number of carbonyl (C=O) groups excluding carboxylic acids is 3. The van der Waals surface area contributed by atoms with E-state index in [4.69, 9.17) is 4.74 Å². The Morgan fingerprint density at radius 3 is 1.81 bits per heavy atom. The zero-order valence-electron chi connectivity index (χ0n) is 32.7. The van der Waals surface area contributed by atoms with Crippen molar-refractivity contribution >= 4 is 23.4 Å². The highest BCUT2D eigenvalue weighted by Gasteiger charge is 2.22. The third-order valence-corrected chi connectivity index (χ3v) is 10.2. The van der Waals surface area contributed by atoms with Gasteiger partial charge in [-0.3, -0.25) is 19.2 Å². The molecule has 2 atom stereocenters. The van der Waals surface area contributed by atoms with Gasteiger partial charge in [-0.05, 0) is 67.5 Å². The van der Waals surface area contributed by atoms with Crippen molar-refractivity contribution in [1.29, 1.82) is 0 Å². The van der Waals surface area contributed by atoms with E-state index in [2.05, 4.69) is 50.2 Å². The quantitative estimate of drug-likeness (QED) is 0.0544. The van der Waals surface area contributed by atoms with Crippen molar-refractivity contribution in [3.8, 4) is 28.3 Å². The number of nitrogens with zero attached hydrogens (tertiary/aromatic N) is 3. The van der Waals surface area contributed by atoms with E-state index in [1.54, 1.807) is 6.92 Å². The fourth-order valence-corrected chi connectivity index (χ4v) is 6.49. The average Bonchev–Trinajstić information content (AvgIpc) is 3.71. The van der Waals surface area contributed by atoms with Crippen LogP contribution in [0, 0.1) is 11.8 Å². The van der Waals surface area contributed by atoms with Crippen LogP contribution in [-0.2, 0) is 19.2 Å². The highest BCUT2D eigenvalue weighted by Crippen LogP contribution is 2.25. The molecule has 1 heterocycles. The van der Waals surface area contributed by atoms with E-state index in [1.165, 1.54) is 57.8 Å². The summed E-state index contributed by atoms with van der Waals surface area (Å²) in [6.07, 6.45) is 18.3. The first-order chi connectivity index (χ1) is 26.2. The first kappa shape index (κ1) is 44.0. The van der Waals surface area contributed by atoms with Crippen LogP contribution in [0.5, 0.6) is 5.75 Å². The van der Waals surface area contributed by atoms with E-state index >= 15 is 0 Å². The van der Waals surface area contributed by atoms with Gasteiger partial charge in [-0.2, -0.15) is 5.21 Å². The number of aliphatic carboxylic acids is 1. The fourth-order valence-electron chi connectivity index (χ4n) is 6.49. The summed E-state index contributed by atoms with van der Waals surface area (Å²) in [5.41, 5.74) is 3.18. The van der Waals surface area contributed by atoms with Crippen LogP contribution in [0.4, 0.5) is 0 Å². The number of carboxylic acid groups (broad SMARTS) is 1. The van der Waals surface area contributed by atoms with Crippen molar-refractivity contribution in [2.75, 3.05) is 13.2 Å². The van der Waals surface area contributed by atoms with Crippen LogP contribution in [0.1, 0.15) is 142 Å². The standard InChI is InChI=1S/C43H63N5O6/c1-33(34(2)49)18-15-16-30-44-41(51)29-26-38(43(52)53)32-39(50)19-14-12-10-8-6-4-3-5-7-9-11-13-17-31-54-40-27-24-36(25-28-40)35-20-22-37(23-21-35)42-45-47-48-46-42/h20-25,27-28,33,38H,3-19,26,29-32H2,1-2H3,(H,44,51)(H,52,53)(H,45,46,47,48)/t33-,38?/m0/s1. The Bertz CT molecular complexity index is 1490. The molecule has 0 aliphatic carbocycles. The van der Waals surface area contributed by atoms with Gasteiger partial charge in [0.25, 0.3) is 0 Å². The van der Waals surface area contributed by atoms with Crippen LogP contribution in [0.25, 0.3) is 22.5 Å². The number of benzene rings is 2. The van der Waals surface area contributed by atoms with Gasteiger partial charge >= 0.3 is 5.97 Å². The Labute approximate surface area is 321 Å². The van der Waals surface area contributed by atoms with Gasteiger partial charge in [0.15, 0.2) is 0 Å². The SMILES string of the molecule is CC(=O)[C@@H](C)CCCCNC(=O)CCC(CC(=O)CCCCCCCCCCCCCCCOc1ccc(-c2ccc(-c3nn[nH]n3)cc2)cc1)C(=O)O. The van der Waals surface area contributed by atoms with Crippen molar-refractivity contribution < 1.29 is 29.0 Å². The van der Waals surface area contributed by atoms with Gasteiger partial charge in [-0.25, -0.2) is 0 Å². The second kappa shape index (κ2) is 26.4. The molecular weight excluding hydrogens is 683 g/mol. The van der Waals surface area contributed by atoms with Crippen molar-refractivity contribution in [2.45, 2.75) is 142 Å². The number of hydrogen-bond acceptors (Lipinski definition) is 8. The predicted octanol–water partition coefficient (Wildman–Crippen LogP) is 9.33. The number of carboxylic acids is 1. The first-order valence-electron chi connectivity index (χ1n) is 20.3. The number of amides is 1. The van der Waals surface area contributed by atoms with Gasteiger partial charge in [0.2, 0.25) is 11.7 Å².